The van der Waals surface area contributed by atoms with Crippen molar-refractivity contribution in [3.8, 4) is 0 Å². The van der Waals surface area contributed by atoms with Crippen molar-refractivity contribution in [3.63, 3.8) is 0 Å². The van der Waals surface area contributed by atoms with Crippen LogP contribution < -0.4 is 4.90 Å². The maximum Gasteiger partial charge on any atom is 0.182 e. The third-order valence-corrected chi connectivity index (χ3v) is 4.78. The van der Waals surface area contributed by atoms with Gasteiger partial charge in [-0.25, -0.2) is 23.7 Å². The van der Waals surface area contributed by atoms with E-state index in [0.29, 0.717) is 11.2 Å². The van der Waals surface area contributed by atoms with Crippen LogP contribution in [-0.2, 0) is 0 Å². The van der Waals surface area contributed by atoms with E-state index in [1.165, 1.54) is 18.5 Å². The van der Waals surface area contributed by atoms with Crippen LogP contribution >= 0.6 is 0 Å². The first-order chi connectivity index (χ1) is 12.1. The van der Waals surface area contributed by atoms with Crippen molar-refractivity contribution in [2.24, 2.45) is 0 Å². The number of aromatic nitrogens is 4. The summed E-state index contributed by atoms with van der Waals surface area (Å²) in [5.41, 5.74) is 2.00. The minimum absolute atomic E-state index is 0.111. The molecule has 0 saturated carbocycles. The number of halogens is 2. The number of H-pyrrole nitrogens is 1. The van der Waals surface area contributed by atoms with Gasteiger partial charge in [-0.1, -0.05) is 6.07 Å². The van der Waals surface area contributed by atoms with E-state index in [1.54, 1.807) is 6.33 Å². The molecule has 1 fully saturated rings. The standard InChI is InChI=1S/C17H18F2N6/c1-11(13-3-2-12(18)8-14(13)19)24-4-6-25(7-5-24)17-15-16(21-9-20-15)22-10-23-17/h2-3,8-11H,4-7H2,1H3,(H,20,21,22,23)/t11-/m1/s1. The summed E-state index contributed by atoms with van der Waals surface area (Å²) in [4.78, 5) is 20.1. The van der Waals surface area contributed by atoms with Crippen LogP contribution in [0.25, 0.3) is 11.2 Å². The first-order valence-electron chi connectivity index (χ1n) is 8.21. The van der Waals surface area contributed by atoms with Gasteiger partial charge in [-0.2, -0.15) is 0 Å². The molecule has 3 aromatic rings. The van der Waals surface area contributed by atoms with E-state index >= 15 is 0 Å². The molecule has 2 aromatic heterocycles. The van der Waals surface area contributed by atoms with Crippen molar-refractivity contribution in [1.29, 1.82) is 0 Å². The fourth-order valence-electron chi connectivity index (χ4n) is 3.35. The van der Waals surface area contributed by atoms with E-state index in [2.05, 4.69) is 29.7 Å². The monoisotopic (exact) mass is 344 g/mol. The van der Waals surface area contributed by atoms with Gasteiger partial charge in [0.1, 0.15) is 23.5 Å². The Morgan fingerprint density at radius 3 is 2.64 bits per heavy atom. The summed E-state index contributed by atoms with van der Waals surface area (Å²) >= 11 is 0. The highest BCUT2D eigenvalue weighted by Crippen LogP contribution is 2.27. The molecular formula is C17H18F2N6. The third-order valence-electron chi connectivity index (χ3n) is 4.78. The summed E-state index contributed by atoms with van der Waals surface area (Å²) in [5, 5.41) is 0. The molecule has 1 aromatic carbocycles. The Morgan fingerprint density at radius 2 is 1.88 bits per heavy atom. The molecule has 0 radical (unpaired) electrons. The quantitative estimate of drug-likeness (QED) is 0.791. The molecule has 1 aliphatic heterocycles. The van der Waals surface area contributed by atoms with Gasteiger partial charge in [0.2, 0.25) is 0 Å². The number of fused-ring (bicyclic) bond motifs is 1. The van der Waals surface area contributed by atoms with Crippen LogP contribution in [0.4, 0.5) is 14.6 Å². The number of hydrogen-bond donors (Lipinski definition) is 1. The van der Waals surface area contributed by atoms with Crippen molar-refractivity contribution in [3.05, 3.63) is 48.1 Å². The number of nitrogens with one attached hydrogen (secondary N) is 1. The first kappa shape index (κ1) is 15.9. The van der Waals surface area contributed by atoms with Gasteiger partial charge in [0.15, 0.2) is 11.5 Å². The lowest BCUT2D eigenvalue weighted by Gasteiger charge is -2.38. The summed E-state index contributed by atoms with van der Waals surface area (Å²) < 4.78 is 27.1. The summed E-state index contributed by atoms with van der Waals surface area (Å²) in [6, 6.07) is 3.67. The second-order valence-corrected chi connectivity index (χ2v) is 6.16. The minimum atomic E-state index is -0.550. The number of benzene rings is 1. The van der Waals surface area contributed by atoms with E-state index in [9.17, 15) is 8.78 Å². The van der Waals surface area contributed by atoms with Crippen LogP contribution in [0.15, 0.2) is 30.9 Å². The maximum atomic E-state index is 14.0. The highest BCUT2D eigenvalue weighted by molar-refractivity contribution is 5.82. The van der Waals surface area contributed by atoms with Crippen molar-refractivity contribution in [2.45, 2.75) is 13.0 Å². The molecule has 8 heteroatoms. The van der Waals surface area contributed by atoms with Gasteiger partial charge >= 0.3 is 0 Å². The highest BCUT2D eigenvalue weighted by atomic mass is 19.1. The van der Waals surface area contributed by atoms with Crippen molar-refractivity contribution in [1.82, 2.24) is 24.8 Å². The number of piperazine rings is 1. The molecule has 0 unspecified atom stereocenters. The molecule has 1 saturated heterocycles. The number of imidazole rings is 1. The van der Waals surface area contributed by atoms with Gasteiger partial charge in [-0.15, -0.1) is 0 Å². The molecular weight excluding hydrogens is 326 g/mol. The van der Waals surface area contributed by atoms with Crippen LogP contribution in [-0.4, -0.2) is 51.0 Å². The number of aromatic amines is 1. The third kappa shape index (κ3) is 2.93. The average molecular weight is 344 g/mol. The van der Waals surface area contributed by atoms with Gasteiger partial charge in [-0.05, 0) is 13.0 Å². The Balaban J connectivity index is 1.48. The lowest BCUT2D eigenvalue weighted by atomic mass is 10.1. The van der Waals surface area contributed by atoms with Gasteiger partial charge in [0, 0.05) is 43.9 Å². The summed E-state index contributed by atoms with van der Waals surface area (Å²) in [6.07, 6.45) is 3.12. The Labute approximate surface area is 143 Å². The predicted octanol–water partition coefficient (Wildman–Crippen LogP) is 2.51. The summed E-state index contributed by atoms with van der Waals surface area (Å²) in [6.45, 7) is 5.00. The molecule has 0 bridgehead atoms. The molecule has 3 heterocycles. The Bertz CT molecular complexity index is 888. The highest BCUT2D eigenvalue weighted by Gasteiger charge is 2.25. The molecule has 130 valence electrons. The zero-order valence-corrected chi connectivity index (χ0v) is 13.8. The van der Waals surface area contributed by atoms with Crippen LogP contribution in [0.3, 0.4) is 0 Å². The number of nitrogens with zero attached hydrogens (tertiary/aromatic N) is 5. The SMILES string of the molecule is C[C@H](c1ccc(F)cc1F)N1CCN(c2ncnc3nc[nH]c23)CC1. The predicted molar refractivity (Wildman–Crippen MR) is 90.2 cm³/mol. The van der Waals surface area contributed by atoms with Gasteiger partial charge < -0.3 is 9.88 Å². The van der Waals surface area contributed by atoms with Crippen molar-refractivity contribution >= 4 is 17.0 Å². The molecule has 1 aliphatic rings. The molecule has 0 amide bonds. The minimum Gasteiger partial charge on any atom is -0.352 e. The largest absolute Gasteiger partial charge is 0.352 e. The Hall–Kier alpha value is -2.61. The second-order valence-electron chi connectivity index (χ2n) is 6.16. The molecule has 6 nitrogen and oxygen atoms in total. The van der Waals surface area contributed by atoms with Crippen molar-refractivity contribution < 1.29 is 8.78 Å². The normalized spacial score (nSPS) is 17.2. The fourth-order valence-corrected chi connectivity index (χ4v) is 3.35. The smallest absolute Gasteiger partial charge is 0.182 e. The zero-order valence-electron chi connectivity index (χ0n) is 13.8. The van der Waals surface area contributed by atoms with Crippen LogP contribution in [0.2, 0.25) is 0 Å². The Kier molecular flexibility index (Phi) is 4.04. The summed E-state index contributed by atoms with van der Waals surface area (Å²) in [5.74, 6) is -0.210. The van der Waals surface area contributed by atoms with Crippen LogP contribution in [0.1, 0.15) is 18.5 Å². The molecule has 1 N–H and O–H groups in total. The molecule has 25 heavy (non-hydrogen) atoms. The van der Waals surface area contributed by atoms with Gasteiger partial charge in [0.25, 0.3) is 0 Å². The Morgan fingerprint density at radius 1 is 1.08 bits per heavy atom. The molecule has 0 aliphatic carbocycles. The number of rotatable bonds is 3. The fraction of sp³-hybridized carbons (Fsp3) is 0.353. The van der Waals surface area contributed by atoms with Crippen molar-refractivity contribution in [2.75, 3.05) is 31.1 Å². The number of hydrogen-bond acceptors (Lipinski definition) is 5. The zero-order chi connectivity index (χ0) is 17.4. The van der Waals surface area contributed by atoms with Gasteiger partial charge in [-0.3, -0.25) is 4.90 Å². The molecule has 1 atom stereocenters. The van der Waals surface area contributed by atoms with E-state index in [4.69, 9.17) is 0 Å². The van der Waals surface area contributed by atoms with E-state index in [1.807, 2.05) is 6.92 Å². The topological polar surface area (TPSA) is 60.9 Å². The van der Waals surface area contributed by atoms with Gasteiger partial charge in [0.05, 0.1) is 6.33 Å². The summed E-state index contributed by atoms with van der Waals surface area (Å²) in [7, 11) is 0. The van der Waals surface area contributed by atoms with E-state index < -0.39 is 11.6 Å². The lowest BCUT2D eigenvalue weighted by Crippen LogP contribution is -2.47. The maximum absolute atomic E-state index is 14.0. The first-order valence-corrected chi connectivity index (χ1v) is 8.21. The second kappa shape index (κ2) is 6.36. The van der Waals surface area contributed by atoms with Crippen LogP contribution in [0.5, 0.6) is 0 Å². The van der Waals surface area contributed by atoms with E-state index in [0.717, 1.165) is 43.6 Å². The number of anilines is 1. The van der Waals surface area contributed by atoms with E-state index in [-0.39, 0.29) is 6.04 Å². The molecule has 0 spiro atoms. The average Bonchev–Trinajstić information content (AvgIpc) is 3.10. The lowest BCUT2D eigenvalue weighted by molar-refractivity contribution is 0.194. The van der Waals surface area contributed by atoms with Crippen LogP contribution in [0, 0.1) is 11.6 Å². The molecule has 4 rings (SSSR count).